The number of hydrogen-bond donors (Lipinski definition) is 2. The number of carboxylic acid groups (broad SMARTS) is 1. The number of fused-ring (bicyclic) bond motifs is 1. The van der Waals surface area contributed by atoms with E-state index >= 15 is 0 Å². The molecule has 1 unspecified atom stereocenters. The van der Waals surface area contributed by atoms with Crippen LogP contribution in [-0.2, 0) is 16.1 Å². The highest BCUT2D eigenvalue weighted by Gasteiger charge is 2.30. The normalized spacial score (nSPS) is 16.6. The largest absolute Gasteiger partial charge is 0.481 e. The molecule has 7 rings (SSSR count). The van der Waals surface area contributed by atoms with E-state index in [0.29, 0.717) is 34.4 Å². The number of methoxy groups -OCH3 is 1. The number of piperidine rings is 1. The van der Waals surface area contributed by atoms with Gasteiger partial charge in [-0.25, -0.2) is 9.97 Å². The smallest absolute Gasteiger partial charge is 0.314 e. The molecule has 0 saturated carbocycles. The van der Waals surface area contributed by atoms with Crippen LogP contribution in [-0.4, -0.2) is 104 Å². The van der Waals surface area contributed by atoms with E-state index in [1.807, 2.05) is 61.3 Å². The van der Waals surface area contributed by atoms with Crippen LogP contribution in [0.1, 0.15) is 50.0 Å². The van der Waals surface area contributed by atoms with Gasteiger partial charge in [0.25, 0.3) is 0 Å². The average molecular weight is 698 g/mol. The van der Waals surface area contributed by atoms with Gasteiger partial charge in [0.15, 0.2) is 29.7 Å². The lowest BCUT2D eigenvalue weighted by molar-refractivity contribution is -0.140. The minimum atomic E-state index is -0.901. The molecule has 1 aromatic carbocycles. The number of carbonyl (C=O) groups is 1. The van der Waals surface area contributed by atoms with Crippen LogP contribution in [0.4, 0.5) is 17.6 Å². The van der Waals surface area contributed by atoms with Crippen LogP contribution in [0, 0.1) is 5.92 Å². The second-order valence-corrected chi connectivity index (χ2v) is 13.4. The minimum Gasteiger partial charge on any atom is -0.481 e. The Balaban J connectivity index is 0.940. The molecule has 2 saturated heterocycles. The van der Waals surface area contributed by atoms with E-state index in [0.717, 1.165) is 81.2 Å². The number of piperazine rings is 1. The summed E-state index contributed by atoms with van der Waals surface area (Å²) >= 11 is 0. The first-order valence-corrected chi connectivity index (χ1v) is 17.2. The zero-order chi connectivity index (χ0) is 35.5. The number of nitrogen functional groups attached to an aromatic ring is 1. The molecule has 51 heavy (non-hydrogen) atoms. The molecule has 2 fully saturated rings. The molecule has 6 heterocycles. The lowest BCUT2D eigenvalue weighted by Crippen LogP contribution is -2.46. The maximum atomic E-state index is 11.7. The van der Waals surface area contributed by atoms with Gasteiger partial charge in [0.05, 0.1) is 17.3 Å². The molecule has 1 atom stereocenters. The Bertz CT molecular complexity index is 1950. The zero-order valence-corrected chi connectivity index (χ0v) is 29.1. The van der Waals surface area contributed by atoms with Crippen molar-refractivity contribution >= 4 is 34.6 Å². The molecule has 0 aliphatic carbocycles. The van der Waals surface area contributed by atoms with E-state index in [-0.39, 0.29) is 18.8 Å². The Morgan fingerprint density at radius 3 is 2.47 bits per heavy atom. The molecule has 0 radical (unpaired) electrons. The highest BCUT2D eigenvalue weighted by molar-refractivity contribution is 5.87. The average Bonchev–Trinajstić information content (AvgIpc) is 3.75. The van der Waals surface area contributed by atoms with Gasteiger partial charge in [-0.15, -0.1) is 10.2 Å². The van der Waals surface area contributed by atoms with Crippen molar-refractivity contribution in [2.75, 3.05) is 68.7 Å². The Morgan fingerprint density at radius 2 is 1.76 bits per heavy atom. The maximum Gasteiger partial charge on any atom is 0.314 e. The topological polar surface area (TPSA) is 187 Å². The van der Waals surface area contributed by atoms with Crippen molar-refractivity contribution in [2.45, 2.75) is 45.2 Å². The van der Waals surface area contributed by atoms with Crippen molar-refractivity contribution in [3.8, 4) is 17.0 Å². The van der Waals surface area contributed by atoms with E-state index in [9.17, 15) is 9.90 Å². The molecule has 4 aromatic heterocycles. The fourth-order valence-corrected chi connectivity index (χ4v) is 6.90. The van der Waals surface area contributed by atoms with Gasteiger partial charge >= 0.3 is 5.97 Å². The van der Waals surface area contributed by atoms with Crippen LogP contribution in [0.5, 0.6) is 5.75 Å². The van der Waals surface area contributed by atoms with E-state index < -0.39 is 11.9 Å². The van der Waals surface area contributed by atoms with Gasteiger partial charge in [-0.05, 0) is 37.0 Å². The molecule has 2 aliphatic heterocycles. The van der Waals surface area contributed by atoms with Crippen LogP contribution in [0.15, 0.2) is 53.3 Å². The molecular formula is C35H43N11O5. The van der Waals surface area contributed by atoms with Crippen molar-refractivity contribution in [2.24, 2.45) is 5.92 Å². The number of anilines is 3. The molecular weight excluding hydrogens is 654 g/mol. The molecule has 16 heteroatoms. The lowest BCUT2D eigenvalue weighted by atomic mass is 9.93. The summed E-state index contributed by atoms with van der Waals surface area (Å²) in [4.78, 5) is 27.9. The van der Waals surface area contributed by atoms with Gasteiger partial charge in [-0.1, -0.05) is 31.1 Å². The summed E-state index contributed by atoms with van der Waals surface area (Å²) in [7, 11) is 1.58. The molecule has 3 N–H and O–H groups in total. The van der Waals surface area contributed by atoms with Crippen LogP contribution < -0.4 is 20.3 Å². The van der Waals surface area contributed by atoms with Crippen molar-refractivity contribution in [3.05, 3.63) is 60.1 Å². The molecule has 268 valence electrons. The minimum absolute atomic E-state index is 0.0920. The summed E-state index contributed by atoms with van der Waals surface area (Å²) < 4.78 is 18.3. The highest BCUT2D eigenvalue weighted by atomic mass is 16.7. The van der Waals surface area contributed by atoms with Gasteiger partial charge in [0.1, 0.15) is 11.7 Å². The lowest BCUT2D eigenvalue weighted by Gasteiger charge is -2.34. The Labute approximate surface area is 295 Å². The van der Waals surface area contributed by atoms with Gasteiger partial charge in [0.2, 0.25) is 5.95 Å². The number of nitrogens with two attached hydrogens (primary N) is 1. The first kappa shape index (κ1) is 34.1. The predicted octanol–water partition coefficient (Wildman–Crippen LogP) is 3.82. The quantitative estimate of drug-likeness (QED) is 0.179. The van der Waals surface area contributed by atoms with Crippen molar-refractivity contribution < 1.29 is 23.9 Å². The fourth-order valence-electron chi connectivity index (χ4n) is 6.90. The molecule has 0 bridgehead atoms. The SMILES string of the molecule is COCOc1ccccc1-c1cc2c(nn1)c(N)nn2C1CCN(c2ncc(CN3CCN(c4cc(C(C(=O)O)C(C)C)on4)CC3)cn2)CC1. The Morgan fingerprint density at radius 1 is 1.02 bits per heavy atom. The van der Waals surface area contributed by atoms with E-state index in [4.69, 9.17) is 29.7 Å². The van der Waals surface area contributed by atoms with Crippen molar-refractivity contribution in [1.82, 2.24) is 40.0 Å². The number of ether oxygens (including phenoxy) is 2. The number of hydrogen-bond acceptors (Lipinski definition) is 14. The predicted molar refractivity (Wildman–Crippen MR) is 189 cm³/mol. The number of aromatic nitrogens is 7. The Kier molecular flexibility index (Phi) is 9.94. The first-order chi connectivity index (χ1) is 24.8. The second kappa shape index (κ2) is 14.9. The van der Waals surface area contributed by atoms with Gasteiger partial charge in [0, 0.05) is 82.5 Å². The summed E-state index contributed by atoms with van der Waals surface area (Å²) in [5.41, 5.74) is 10.2. The van der Waals surface area contributed by atoms with E-state index in [1.54, 1.807) is 13.2 Å². The number of nitrogens with zero attached hydrogens (tertiary/aromatic N) is 10. The second-order valence-electron chi connectivity index (χ2n) is 13.4. The number of aliphatic carboxylic acids is 1. The zero-order valence-electron chi connectivity index (χ0n) is 29.1. The van der Waals surface area contributed by atoms with Gasteiger partial charge in [-0.3, -0.25) is 14.4 Å². The summed E-state index contributed by atoms with van der Waals surface area (Å²) in [6, 6.07) is 11.5. The van der Waals surface area contributed by atoms with Gasteiger partial charge in [-0.2, -0.15) is 5.10 Å². The van der Waals surface area contributed by atoms with Crippen LogP contribution >= 0.6 is 0 Å². The first-order valence-electron chi connectivity index (χ1n) is 17.2. The molecule has 2 aliphatic rings. The fraction of sp³-hybridized carbons (Fsp3) is 0.457. The van der Waals surface area contributed by atoms with Crippen LogP contribution in [0.3, 0.4) is 0 Å². The summed E-state index contributed by atoms with van der Waals surface area (Å²) in [6.07, 6.45) is 5.52. The number of rotatable bonds is 12. The number of benzene rings is 1. The Hall–Kier alpha value is -5.35. The van der Waals surface area contributed by atoms with Crippen molar-refractivity contribution in [1.29, 1.82) is 0 Å². The van der Waals surface area contributed by atoms with E-state index in [1.165, 1.54) is 0 Å². The van der Waals surface area contributed by atoms with Crippen LogP contribution in [0.25, 0.3) is 22.3 Å². The third-order valence-corrected chi connectivity index (χ3v) is 9.62. The monoisotopic (exact) mass is 697 g/mol. The highest BCUT2D eigenvalue weighted by Crippen LogP contribution is 2.34. The third-order valence-electron chi connectivity index (χ3n) is 9.62. The van der Waals surface area contributed by atoms with Crippen molar-refractivity contribution in [3.63, 3.8) is 0 Å². The molecule has 5 aromatic rings. The van der Waals surface area contributed by atoms with Gasteiger partial charge < -0.3 is 34.6 Å². The van der Waals surface area contributed by atoms with E-state index in [2.05, 4.69) is 35.2 Å². The molecule has 0 amide bonds. The number of carboxylic acids is 1. The number of para-hydroxylation sites is 1. The van der Waals surface area contributed by atoms with Crippen LogP contribution in [0.2, 0.25) is 0 Å². The summed E-state index contributed by atoms with van der Waals surface area (Å²) in [5, 5.41) is 27.3. The summed E-state index contributed by atoms with van der Waals surface area (Å²) in [5.74, 6) is 1.11. The standard InChI is InChI=1S/C35H43N11O5/c1-22(2)31(34(47)48)29-17-30(42-51-29)44-14-12-43(13-15-44)20-23-18-37-35(38-19-23)45-10-8-24(9-11-45)46-27-16-26(39-40-32(27)33(36)41-46)25-6-4-5-7-28(25)50-21-49-3/h4-7,16-19,22,24,31H,8-15,20-21H2,1-3H3,(H2,36,41)(H,47,48). The molecule has 0 spiro atoms. The summed E-state index contributed by atoms with van der Waals surface area (Å²) in [6.45, 7) is 9.36. The maximum absolute atomic E-state index is 11.7. The molecule has 16 nitrogen and oxygen atoms in total. The third kappa shape index (κ3) is 7.28.